The molecule has 1 aromatic heterocycles. The number of amides is 1. The Balaban J connectivity index is 1.79. The first-order valence-corrected chi connectivity index (χ1v) is 8.26. The van der Waals surface area contributed by atoms with Crippen LogP contribution >= 0.6 is 0 Å². The van der Waals surface area contributed by atoms with Gasteiger partial charge in [-0.25, -0.2) is 4.39 Å². The van der Waals surface area contributed by atoms with Gasteiger partial charge in [-0.3, -0.25) is 9.78 Å². The lowest BCUT2D eigenvalue weighted by atomic mass is 10.1. The Morgan fingerprint density at radius 2 is 1.85 bits per heavy atom. The van der Waals surface area contributed by atoms with E-state index in [9.17, 15) is 9.18 Å². The Bertz CT molecular complexity index is 978. The van der Waals surface area contributed by atoms with E-state index in [4.69, 9.17) is 0 Å². The van der Waals surface area contributed by atoms with Gasteiger partial charge in [0.15, 0.2) is 0 Å². The average Bonchev–Trinajstić information content (AvgIpc) is 2.61. The summed E-state index contributed by atoms with van der Waals surface area (Å²) in [5.41, 5.74) is 3.96. The molecule has 0 aliphatic heterocycles. The van der Waals surface area contributed by atoms with Crippen LogP contribution in [0, 0.1) is 12.7 Å². The molecule has 3 rings (SSSR count). The Hall–Kier alpha value is -3.21. The van der Waals surface area contributed by atoms with Crippen LogP contribution in [0.1, 0.15) is 11.3 Å². The number of fused-ring (bicyclic) bond motifs is 1. The zero-order chi connectivity index (χ0) is 18.7. The maximum atomic E-state index is 13.6. The minimum atomic E-state index is -0.366. The van der Waals surface area contributed by atoms with Crippen LogP contribution in [0.3, 0.4) is 0 Å². The Morgan fingerprint density at radius 1 is 1.12 bits per heavy atom. The molecular weight excluding hydrogens is 329 g/mol. The van der Waals surface area contributed by atoms with Crippen LogP contribution in [0.5, 0.6) is 0 Å². The first-order valence-electron chi connectivity index (χ1n) is 8.26. The van der Waals surface area contributed by atoms with E-state index in [1.165, 1.54) is 18.2 Å². The third-order valence-electron chi connectivity index (χ3n) is 3.99. The van der Waals surface area contributed by atoms with Crippen LogP contribution in [0.4, 0.5) is 15.8 Å². The van der Waals surface area contributed by atoms with Crippen LogP contribution in [0.15, 0.2) is 54.6 Å². The van der Waals surface area contributed by atoms with Gasteiger partial charge in [0, 0.05) is 36.9 Å². The highest BCUT2D eigenvalue weighted by Gasteiger charge is 2.07. The van der Waals surface area contributed by atoms with Gasteiger partial charge >= 0.3 is 0 Å². The number of nitrogens with one attached hydrogen (secondary N) is 1. The fraction of sp³-hybridized carbons (Fsp3) is 0.143. The predicted molar refractivity (Wildman–Crippen MR) is 105 cm³/mol. The molecule has 0 aliphatic carbocycles. The summed E-state index contributed by atoms with van der Waals surface area (Å²) in [5, 5.41) is 3.39. The summed E-state index contributed by atoms with van der Waals surface area (Å²) in [4.78, 5) is 18.7. The number of aromatic nitrogens is 1. The Labute approximate surface area is 152 Å². The van der Waals surface area contributed by atoms with Crippen LogP contribution in [-0.4, -0.2) is 25.0 Å². The standard InChI is InChI=1S/C21H20FN3O/c1-14-12-20(18-13-16(22)7-10-19(18)23-14)24-21(26)11-6-15-4-8-17(9-5-15)25(2)3/h4-13H,1-3H3,(H,23,24,26)/b11-6+. The monoisotopic (exact) mass is 349 g/mol. The summed E-state index contributed by atoms with van der Waals surface area (Å²) >= 11 is 0. The summed E-state index contributed by atoms with van der Waals surface area (Å²) in [6.45, 7) is 1.83. The van der Waals surface area contributed by atoms with Crippen molar-refractivity contribution in [2.24, 2.45) is 0 Å². The third kappa shape index (κ3) is 4.06. The van der Waals surface area contributed by atoms with Crippen LogP contribution in [-0.2, 0) is 4.79 Å². The molecule has 0 unspecified atom stereocenters. The van der Waals surface area contributed by atoms with Gasteiger partial charge in [-0.2, -0.15) is 0 Å². The lowest BCUT2D eigenvalue weighted by Crippen LogP contribution is -2.09. The van der Waals surface area contributed by atoms with Crippen LogP contribution in [0.2, 0.25) is 0 Å². The molecule has 0 saturated carbocycles. The molecule has 1 N–H and O–H groups in total. The number of nitrogens with zero attached hydrogens (tertiary/aromatic N) is 2. The van der Waals surface area contributed by atoms with Gasteiger partial charge in [0.05, 0.1) is 11.2 Å². The second-order valence-electron chi connectivity index (χ2n) is 6.28. The van der Waals surface area contributed by atoms with Gasteiger partial charge in [-0.15, -0.1) is 0 Å². The number of halogens is 1. The third-order valence-corrected chi connectivity index (χ3v) is 3.99. The quantitative estimate of drug-likeness (QED) is 0.710. The van der Waals surface area contributed by atoms with Crippen molar-refractivity contribution in [3.8, 4) is 0 Å². The summed E-state index contributed by atoms with van der Waals surface area (Å²) in [6.07, 6.45) is 3.21. The van der Waals surface area contributed by atoms with Gasteiger partial charge < -0.3 is 10.2 Å². The second kappa shape index (κ2) is 7.35. The molecule has 0 fully saturated rings. The van der Waals surface area contributed by atoms with E-state index >= 15 is 0 Å². The van der Waals surface area contributed by atoms with Crippen molar-refractivity contribution in [2.45, 2.75) is 6.92 Å². The van der Waals surface area contributed by atoms with E-state index in [1.807, 2.05) is 50.2 Å². The minimum absolute atomic E-state index is 0.280. The number of pyridine rings is 1. The highest BCUT2D eigenvalue weighted by molar-refractivity contribution is 6.07. The molecule has 1 heterocycles. The number of carbonyl (C=O) groups is 1. The normalized spacial score (nSPS) is 11.1. The highest BCUT2D eigenvalue weighted by Crippen LogP contribution is 2.24. The summed E-state index contributed by atoms with van der Waals surface area (Å²) in [5.74, 6) is -0.645. The SMILES string of the molecule is Cc1cc(NC(=O)/C=C/c2ccc(N(C)C)cc2)c2cc(F)ccc2n1. The molecule has 1 amide bonds. The molecule has 0 spiro atoms. The molecule has 0 radical (unpaired) electrons. The molecule has 132 valence electrons. The molecule has 4 nitrogen and oxygen atoms in total. The number of aryl methyl sites for hydroxylation is 1. The van der Waals surface area contributed by atoms with Gasteiger partial charge in [0.25, 0.3) is 0 Å². The Kier molecular flexibility index (Phi) is 4.98. The lowest BCUT2D eigenvalue weighted by Gasteiger charge is -2.11. The molecular formula is C21H20FN3O. The van der Waals surface area contributed by atoms with Crippen LogP contribution < -0.4 is 10.2 Å². The summed E-state index contributed by atoms with van der Waals surface area (Å²) in [7, 11) is 3.95. The van der Waals surface area contributed by atoms with Crippen LogP contribution in [0.25, 0.3) is 17.0 Å². The number of hydrogen-bond donors (Lipinski definition) is 1. The first-order chi connectivity index (χ1) is 12.4. The minimum Gasteiger partial charge on any atom is -0.378 e. The number of benzene rings is 2. The number of carbonyl (C=O) groups excluding carboxylic acids is 1. The van der Waals surface area contributed by atoms with Gasteiger partial charge in [0.1, 0.15) is 5.82 Å². The zero-order valence-corrected chi connectivity index (χ0v) is 15.0. The van der Waals surface area contributed by atoms with E-state index in [2.05, 4.69) is 10.3 Å². The van der Waals surface area contributed by atoms with Gasteiger partial charge in [-0.1, -0.05) is 12.1 Å². The molecule has 0 atom stereocenters. The van der Waals surface area contributed by atoms with Crippen molar-refractivity contribution in [1.29, 1.82) is 0 Å². The van der Waals surface area contributed by atoms with Gasteiger partial charge in [0.2, 0.25) is 5.91 Å². The number of hydrogen-bond acceptors (Lipinski definition) is 3. The van der Waals surface area contributed by atoms with Gasteiger partial charge in [-0.05, 0) is 55.0 Å². The number of anilines is 2. The first kappa shape index (κ1) is 17.6. The van der Waals surface area contributed by atoms with E-state index in [1.54, 1.807) is 18.2 Å². The largest absolute Gasteiger partial charge is 0.378 e. The highest BCUT2D eigenvalue weighted by atomic mass is 19.1. The fourth-order valence-electron chi connectivity index (χ4n) is 2.66. The van der Waals surface area contributed by atoms with Crippen molar-refractivity contribution in [3.05, 3.63) is 71.7 Å². The Morgan fingerprint density at radius 3 is 2.54 bits per heavy atom. The van der Waals surface area contributed by atoms with Crippen molar-refractivity contribution in [3.63, 3.8) is 0 Å². The maximum absolute atomic E-state index is 13.6. The van der Waals surface area contributed by atoms with Crippen molar-refractivity contribution in [1.82, 2.24) is 4.98 Å². The molecule has 0 saturated heterocycles. The molecule has 0 bridgehead atoms. The van der Waals surface area contributed by atoms with Crippen molar-refractivity contribution >= 4 is 34.3 Å². The molecule has 0 aliphatic rings. The smallest absolute Gasteiger partial charge is 0.248 e. The molecule has 2 aromatic carbocycles. The second-order valence-corrected chi connectivity index (χ2v) is 6.28. The molecule has 26 heavy (non-hydrogen) atoms. The topological polar surface area (TPSA) is 45.2 Å². The molecule has 5 heteroatoms. The lowest BCUT2D eigenvalue weighted by molar-refractivity contribution is -0.111. The van der Waals surface area contributed by atoms with Crippen molar-refractivity contribution < 1.29 is 9.18 Å². The van der Waals surface area contributed by atoms with E-state index in [0.29, 0.717) is 16.6 Å². The van der Waals surface area contributed by atoms with E-state index in [0.717, 1.165) is 16.9 Å². The predicted octanol–water partition coefficient (Wildman–Crippen LogP) is 4.40. The summed E-state index contributed by atoms with van der Waals surface area (Å²) in [6, 6.07) is 13.9. The number of rotatable bonds is 4. The zero-order valence-electron chi connectivity index (χ0n) is 15.0. The maximum Gasteiger partial charge on any atom is 0.248 e. The van der Waals surface area contributed by atoms with Crippen molar-refractivity contribution in [2.75, 3.05) is 24.3 Å². The summed E-state index contributed by atoms with van der Waals surface area (Å²) < 4.78 is 13.6. The fourth-order valence-corrected chi connectivity index (χ4v) is 2.66. The molecule has 3 aromatic rings. The van der Waals surface area contributed by atoms with E-state index in [-0.39, 0.29) is 11.7 Å². The van der Waals surface area contributed by atoms with E-state index < -0.39 is 0 Å². The average molecular weight is 349 g/mol.